The van der Waals surface area contributed by atoms with E-state index in [4.69, 9.17) is 10.0 Å². The Hall–Kier alpha value is -1.10. The molecule has 2 rings (SSSR count). The molecule has 0 fully saturated rings. The molecule has 0 unspecified atom stereocenters. The highest BCUT2D eigenvalue weighted by atomic mass is 32.1. The molecule has 0 saturated carbocycles. The summed E-state index contributed by atoms with van der Waals surface area (Å²) in [6.07, 6.45) is 0. The summed E-state index contributed by atoms with van der Waals surface area (Å²) in [6, 6.07) is 16.0. The van der Waals surface area contributed by atoms with Crippen LogP contribution in [0.4, 0.5) is 0 Å². The van der Waals surface area contributed by atoms with E-state index in [0.717, 1.165) is 0 Å². The Morgan fingerprint density at radius 1 is 0.643 bits per heavy atom. The van der Waals surface area contributed by atoms with Gasteiger partial charge in [0, 0.05) is 0 Å². The van der Waals surface area contributed by atoms with Crippen LogP contribution in [-0.2, 0) is 0 Å². The summed E-state index contributed by atoms with van der Waals surface area (Å²) in [5, 5.41) is 18.1. The summed E-state index contributed by atoms with van der Waals surface area (Å²) >= 11 is 1.71. The lowest BCUT2D eigenvalue weighted by atomic mass is 10.4. The van der Waals surface area contributed by atoms with Crippen LogP contribution < -0.4 is 0 Å². The molecule has 0 bridgehead atoms. The van der Waals surface area contributed by atoms with Crippen molar-refractivity contribution in [2.45, 2.75) is 0 Å². The van der Waals surface area contributed by atoms with E-state index in [2.05, 4.69) is 0 Å². The highest BCUT2D eigenvalue weighted by molar-refractivity contribution is 7.07. The van der Waals surface area contributed by atoms with Gasteiger partial charge in [0.05, 0.1) is 0 Å². The Bertz CT molecular complexity index is 217. The third kappa shape index (κ3) is 10.9. The standard InChI is InChI=1S/C6H6.C4H4S.BH2O2/c1-2-4-6-5-3-1;1-2-4-5-3-1;2-1-3/h1-6H;1-4H;2-3H. The Labute approximate surface area is 88.8 Å². The zero-order valence-electron chi connectivity index (χ0n) is 7.65. The van der Waals surface area contributed by atoms with Crippen LogP contribution in [0.25, 0.3) is 0 Å². The summed E-state index contributed by atoms with van der Waals surface area (Å²) in [6.45, 7) is 0. The van der Waals surface area contributed by atoms with Gasteiger partial charge in [-0.2, -0.15) is 11.3 Å². The molecule has 0 aliphatic heterocycles. The van der Waals surface area contributed by atoms with Gasteiger partial charge in [-0.15, -0.1) is 0 Å². The van der Waals surface area contributed by atoms with E-state index in [1.807, 2.05) is 59.3 Å². The van der Waals surface area contributed by atoms with E-state index >= 15 is 0 Å². The molecule has 2 aromatic rings. The van der Waals surface area contributed by atoms with Crippen LogP contribution in [0.5, 0.6) is 0 Å². The van der Waals surface area contributed by atoms with Gasteiger partial charge in [0.15, 0.2) is 0 Å². The van der Waals surface area contributed by atoms with E-state index in [1.165, 1.54) is 0 Å². The zero-order chi connectivity index (χ0) is 10.5. The van der Waals surface area contributed by atoms with Crippen molar-refractivity contribution in [3.05, 3.63) is 59.3 Å². The maximum Gasteiger partial charge on any atom is 0.482 e. The molecule has 73 valence electrons. The minimum Gasteiger partial charge on any atom is -0.429 e. The molecular weight excluding hydrogens is 195 g/mol. The summed E-state index contributed by atoms with van der Waals surface area (Å²) in [4.78, 5) is 0. The van der Waals surface area contributed by atoms with Gasteiger partial charge in [0.1, 0.15) is 0 Å². The smallest absolute Gasteiger partial charge is 0.429 e. The molecule has 4 heteroatoms. The van der Waals surface area contributed by atoms with E-state index < -0.39 is 0 Å². The van der Waals surface area contributed by atoms with Crippen molar-refractivity contribution in [1.82, 2.24) is 0 Å². The fourth-order valence-corrected chi connectivity index (χ4v) is 1.07. The molecule has 0 aliphatic carbocycles. The molecule has 1 heterocycles. The van der Waals surface area contributed by atoms with Crippen LogP contribution in [-0.4, -0.2) is 17.7 Å². The summed E-state index contributed by atoms with van der Waals surface area (Å²) in [5.41, 5.74) is 0. The zero-order valence-corrected chi connectivity index (χ0v) is 8.47. The van der Waals surface area contributed by atoms with Crippen molar-refractivity contribution in [1.29, 1.82) is 0 Å². The average Bonchev–Trinajstić information content (AvgIpc) is 2.80. The minimum atomic E-state index is 0. The predicted molar refractivity (Wildman–Crippen MR) is 61.0 cm³/mol. The van der Waals surface area contributed by atoms with Crippen LogP contribution in [0.2, 0.25) is 0 Å². The summed E-state index contributed by atoms with van der Waals surface area (Å²) in [5.74, 6) is 0. The largest absolute Gasteiger partial charge is 0.482 e. The first-order valence-electron chi connectivity index (χ1n) is 3.99. The topological polar surface area (TPSA) is 40.5 Å². The van der Waals surface area contributed by atoms with Gasteiger partial charge in [-0.05, 0) is 10.8 Å². The van der Waals surface area contributed by atoms with Crippen molar-refractivity contribution in [3.8, 4) is 0 Å². The second-order valence-corrected chi connectivity index (χ2v) is 2.88. The normalized spacial score (nSPS) is 7.29. The van der Waals surface area contributed by atoms with Gasteiger partial charge < -0.3 is 10.0 Å². The van der Waals surface area contributed by atoms with Gasteiger partial charge in [0.25, 0.3) is 0 Å². The number of rotatable bonds is 0. The highest BCUT2D eigenvalue weighted by Gasteiger charge is 1.58. The Balaban J connectivity index is 0.000000193. The first kappa shape index (κ1) is 12.9. The van der Waals surface area contributed by atoms with Gasteiger partial charge in [-0.25, -0.2) is 0 Å². The van der Waals surface area contributed by atoms with Crippen LogP contribution in [0.3, 0.4) is 0 Å². The van der Waals surface area contributed by atoms with Crippen molar-refractivity contribution in [2.24, 2.45) is 0 Å². The van der Waals surface area contributed by atoms with Gasteiger partial charge >= 0.3 is 7.69 Å². The number of hydrogen-bond donors (Lipinski definition) is 2. The predicted octanol–water partition coefficient (Wildman–Crippen LogP) is 1.94. The first-order valence-corrected chi connectivity index (χ1v) is 4.93. The second kappa shape index (κ2) is 11.9. The quantitative estimate of drug-likeness (QED) is 0.648. The SMILES string of the molecule is O[B]O.c1ccccc1.c1ccsc1. The molecule has 14 heavy (non-hydrogen) atoms. The molecule has 0 aliphatic rings. The van der Waals surface area contributed by atoms with Gasteiger partial charge in [-0.3, -0.25) is 0 Å². The Morgan fingerprint density at radius 2 is 0.929 bits per heavy atom. The summed E-state index contributed by atoms with van der Waals surface area (Å²) in [7, 11) is 0. The molecule has 2 nitrogen and oxygen atoms in total. The molecule has 2 N–H and O–H groups in total. The lowest BCUT2D eigenvalue weighted by molar-refractivity contribution is 0.448. The lowest BCUT2D eigenvalue weighted by Crippen LogP contribution is -1.75. The number of benzene rings is 1. The first-order chi connectivity index (χ1) is 6.91. The monoisotopic (exact) mass is 207 g/mol. The molecule has 1 aromatic heterocycles. The van der Waals surface area contributed by atoms with Crippen LogP contribution in [0.1, 0.15) is 0 Å². The van der Waals surface area contributed by atoms with E-state index in [-0.39, 0.29) is 7.69 Å². The van der Waals surface area contributed by atoms with Crippen molar-refractivity contribution < 1.29 is 10.0 Å². The third-order valence-electron chi connectivity index (χ3n) is 1.09. The fourth-order valence-electron chi connectivity index (χ4n) is 0.612. The maximum atomic E-state index is 7.00. The molecule has 0 atom stereocenters. The molecular formula is C10H12BO2S. The van der Waals surface area contributed by atoms with Crippen molar-refractivity contribution in [2.75, 3.05) is 0 Å². The molecule has 1 aromatic carbocycles. The lowest BCUT2D eigenvalue weighted by Gasteiger charge is -1.69. The van der Waals surface area contributed by atoms with Crippen molar-refractivity contribution >= 4 is 19.0 Å². The van der Waals surface area contributed by atoms with Crippen LogP contribution >= 0.6 is 11.3 Å². The number of thiophene rings is 1. The number of hydrogen-bond acceptors (Lipinski definition) is 3. The highest BCUT2D eigenvalue weighted by Crippen LogP contribution is 1.91. The fraction of sp³-hybridized carbons (Fsp3) is 0. The molecule has 0 amide bonds. The second-order valence-electron chi connectivity index (χ2n) is 2.06. The Kier molecular flexibility index (Phi) is 11.0. The average molecular weight is 207 g/mol. The van der Waals surface area contributed by atoms with Crippen LogP contribution in [0.15, 0.2) is 59.3 Å². The van der Waals surface area contributed by atoms with Gasteiger partial charge in [0.2, 0.25) is 0 Å². The third-order valence-corrected chi connectivity index (χ3v) is 1.72. The molecule has 1 radical (unpaired) electrons. The minimum absolute atomic E-state index is 0. The van der Waals surface area contributed by atoms with Crippen LogP contribution in [0, 0.1) is 0 Å². The van der Waals surface area contributed by atoms with E-state index in [0.29, 0.717) is 0 Å². The van der Waals surface area contributed by atoms with Gasteiger partial charge in [-0.1, -0.05) is 48.5 Å². The van der Waals surface area contributed by atoms with E-state index in [1.54, 1.807) is 11.3 Å². The molecule has 0 saturated heterocycles. The summed E-state index contributed by atoms with van der Waals surface area (Å²) < 4.78 is 0. The van der Waals surface area contributed by atoms with Crippen molar-refractivity contribution in [3.63, 3.8) is 0 Å². The van der Waals surface area contributed by atoms with E-state index in [9.17, 15) is 0 Å². The molecule has 0 spiro atoms. The Morgan fingerprint density at radius 3 is 1.07 bits per heavy atom. The maximum absolute atomic E-state index is 7.00.